The van der Waals surface area contributed by atoms with Crippen molar-refractivity contribution < 1.29 is 42.1 Å². The third kappa shape index (κ3) is 7.88. The summed E-state index contributed by atoms with van der Waals surface area (Å²) in [6.45, 7) is 5.19. The lowest BCUT2D eigenvalue weighted by Gasteiger charge is -2.19. The highest BCUT2D eigenvalue weighted by Gasteiger charge is 2.29. The number of carbonyl (C=O) groups is 3. The zero-order valence-corrected chi connectivity index (χ0v) is 20.4. The van der Waals surface area contributed by atoms with Crippen molar-refractivity contribution in [3.8, 4) is 11.5 Å². The SMILES string of the molecule is CCCCNc1cc(C(=O)O)cc(S(=O)(=O)NC(=O)OC(C)C(=O)OCC)c1Oc1ccccc1. The number of aromatic carboxylic acids is 1. The second-order valence-electron chi connectivity index (χ2n) is 7.26. The van der Waals surface area contributed by atoms with Gasteiger partial charge in [0, 0.05) is 6.54 Å². The summed E-state index contributed by atoms with van der Waals surface area (Å²) < 4.78 is 43.3. The highest BCUT2D eigenvalue weighted by atomic mass is 32.2. The Morgan fingerprint density at radius 1 is 1.09 bits per heavy atom. The van der Waals surface area contributed by atoms with E-state index in [4.69, 9.17) is 14.2 Å². The summed E-state index contributed by atoms with van der Waals surface area (Å²) in [6, 6.07) is 10.4. The predicted octanol–water partition coefficient (Wildman–Crippen LogP) is 3.76. The number of ether oxygens (including phenoxy) is 3. The lowest BCUT2D eigenvalue weighted by Crippen LogP contribution is -2.36. The number of nitrogens with one attached hydrogen (secondary N) is 2. The topological polar surface area (TPSA) is 157 Å². The van der Waals surface area contributed by atoms with Crippen LogP contribution in [0.5, 0.6) is 11.5 Å². The summed E-state index contributed by atoms with van der Waals surface area (Å²) in [5.74, 6) is -2.17. The van der Waals surface area contributed by atoms with Crippen molar-refractivity contribution >= 4 is 33.7 Å². The maximum Gasteiger partial charge on any atom is 0.422 e. The van der Waals surface area contributed by atoms with Crippen molar-refractivity contribution in [3.05, 3.63) is 48.0 Å². The van der Waals surface area contributed by atoms with Gasteiger partial charge in [0.05, 0.1) is 17.9 Å². The van der Waals surface area contributed by atoms with Crippen molar-refractivity contribution in [2.24, 2.45) is 0 Å². The average Bonchev–Trinajstić information content (AvgIpc) is 2.80. The number of amides is 1. The van der Waals surface area contributed by atoms with Gasteiger partial charge in [-0.25, -0.2) is 27.5 Å². The zero-order chi connectivity index (χ0) is 26.0. The maximum atomic E-state index is 13.2. The van der Waals surface area contributed by atoms with Crippen LogP contribution in [0.25, 0.3) is 0 Å². The molecule has 0 aliphatic rings. The molecule has 0 aliphatic heterocycles. The number of para-hydroxylation sites is 1. The molecule has 0 fully saturated rings. The molecule has 0 heterocycles. The van der Waals surface area contributed by atoms with Crippen molar-refractivity contribution in [1.82, 2.24) is 4.72 Å². The van der Waals surface area contributed by atoms with Gasteiger partial charge >= 0.3 is 18.0 Å². The van der Waals surface area contributed by atoms with Gasteiger partial charge < -0.3 is 24.6 Å². The third-order valence-corrected chi connectivity index (χ3v) is 5.84. The van der Waals surface area contributed by atoms with E-state index >= 15 is 0 Å². The van der Waals surface area contributed by atoms with E-state index in [0.717, 1.165) is 18.9 Å². The number of hydrogen-bond acceptors (Lipinski definition) is 9. The van der Waals surface area contributed by atoms with Gasteiger partial charge in [-0.1, -0.05) is 31.5 Å². The molecule has 0 spiro atoms. The Morgan fingerprint density at radius 2 is 1.77 bits per heavy atom. The average molecular weight is 509 g/mol. The normalized spacial score (nSPS) is 11.7. The number of carboxylic acid groups (broad SMARTS) is 1. The van der Waals surface area contributed by atoms with Crippen LogP contribution in [0.4, 0.5) is 10.5 Å². The standard InChI is InChI=1S/C23H28N2O9S/c1-4-6-12-24-18-13-16(21(26)27)14-19(20(18)34-17-10-8-7-9-11-17)35(30,31)25-23(29)33-15(3)22(28)32-5-2/h7-11,13-15,24H,4-6,12H2,1-3H3,(H,25,29)(H,26,27). The van der Waals surface area contributed by atoms with Gasteiger partial charge in [-0.05, 0) is 44.5 Å². The van der Waals surface area contributed by atoms with Gasteiger partial charge in [0.1, 0.15) is 10.6 Å². The van der Waals surface area contributed by atoms with Crippen molar-refractivity contribution in [1.29, 1.82) is 0 Å². The monoisotopic (exact) mass is 508 g/mol. The highest BCUT2D eigenvalue weighted by molar-refractivity contribution is 7.90. The Balaban J connectivity index is 2.50. The Bertz CT molecular complexity index is 1150. The molecule has 0 saturated heterocycles. The van der Waals surface area contributed by atoms with Crippen molar-refractivity contribution in [2.75, 3.05) is 18.5 Å². The molecule has 0 aromatic heterocycles. The van der Waals surface area contributed by atoms with Crippen LogP contribution in [0.3, 0.4) is 0 Å². The van der Waals surface area contributed by atoms with E-state index in [2.05, 4.69) is 5.32 Å². The fraction of sp³-hybridized carbons (Fsp3) is 0.348. The molecule has 0 aliphatic carbocycles. The van der Waals surface area contributed by atoms with Crippen LogP contribution in [0.2, 0.25) is 0 Å². The fourth-order valence-corrected chi connectivity index (χ4v) is 3.88. The van der Waals surface area contributed by atoms with Crippen LogP contribution < -0.4 is 14.8 Å². The van der Waals surface area contributed by atoms with Gasteiger partial charge in [-0.3, -0.25) is 0 Å². The lowest BCUT2D eigenvalue weighted by molar-refractivity contribution is -0.152. The van der Waals surface area contributed by atoms with Gasteiger partial charge in [0.2, 0.25) is 0 Å². The van der Waals surface area contributed by atoms with Gasteiger partial charge in [-0.2, -0.15) is 0 Å². The number of sulfonamides is 1. The van der Waals surface area contributed by atoms with Crippen LogP contribution in [-0.2, 0) is 24.3 Å². The van der Waals surface area contributed by atoms with E-state index in [1.54, 1.807) is 42.0 Å². The highest BCUT2D eigenvalue weighted by Crippen LogP contribution is 2.37. The van der Waals surface area contributed by atoms with E-state index < -0.39 is 39.1 Å². The molecular formula is C23H28N2O9S. The molecule has 1 amide bonds. The van der Waals surface area contributed by atoms with Crippen molar-refractivity contribution in [2.45, 2.75) is 44.6 Å². The van der Waals surface area contributed by atoms with E-state index in [-0.39, 0.29) is 29.4 Å². The number of anilines is 1. The summed E-state index contributed by atoms with van der Waals surface area (Å²) in [5.41, 5.74) is -0.242. The minimum Gasteiger partial charge on any atom is -0.478 e. The number of unbranched alkanes of at least 4 members (excludes halogenated alkanes) is 1. The minimum atomic E-state index is -4.71. The summed E-state index contributed by atoms with van der Waals surface area (Å²) in [6.07, 6.45) is -1.27. The molecule has 2 rings (SSSR count). The molecule has 2 aromatic carbocycles. The van der Waals surface area contributed by atoms with E-state index in [0.29, 0.717) is 6.54 Å². The van der Waals surface area contributed by atoms with Crippen molar-refractivity contribution in [3.63, 3.8) is 0 Å². The molecule has 1 unspecified atom stereocenters. The predicted molar refractivity (Wildman–Crippen MR) is 126 cm³/mol. The summed E-state index contributed by atoms with van der Waals surface area (Å²) in [4.78, 5) is 35.0. The second-order valence-corrected chi connectivity index (χ2v) is 8.91. The number of esters is 1. The summed E-state index contributed by atoms with van der Waals surface area (Å²) in [5, 5.41) is 12.5. The lowest BCUT2D eigenvalue weighted by atomic mass is 10.1. The largest absolute Gasteiger partial charge is 0.478 e. The van der Waals surface area contributed by atoms with Crippen LogP contribution >= 0.6 is 0 Å². The fourth-order valence-electron chi connectivity index (χ4n) is 2.83. The molecule has 11 nitrogen and oxygen atoms in total. The first-order chi connectivity index (χ1) is 16.6. The number of hydrogen-bond donors (Lipinski definition) is 3. The van der Waals surface area contributed by atoms with Gasteiger partial charge in [0.15, 0.2) is 11.9 Å². The van der Waals surface area contributed by atoms with Crippen LogP contribution in [-0.4, -0.2) is 50.8 Å². The van der Waals surface area contributed by atoms with Gasteiger partial charge in [0.25, 0.3) is 10.0 Å². The van der Waals surface area contributed by atoms with Gasteiger partial charge in [-0.15, -0.1) is 0 Å². The van der Waals surface area contributed by atoms with E-state index in [1.807, 2.05) is 6.92 Å². The smallest absolute Gasteiger partial charge is 0.422 e. The van der Waals surface area contributed by atoms with E-state index in [1.165, 1.54) is 13.0 Å². The molecule has 2 aromatic rings. The Morgan fingerprint density at radius 3 is 2.37 bits per heavy atom. The Hall–Kier alpha value is -3.80. The van der Waals surface area contributed by atoms with Crippen LogP contribution in [0.1, 0.15) is 44.0 Å². The second kappa shape index (κ2) is 12.6. The number of carboxylic acids is 1. The Kier molecular flexibility index (Phi) is 9.88. The first-order valence-electron chi connectivity index (χ1n) is 10.9. The number of carbonyl (C=O) groups excluding carboxylic acids is 2. The first-order valence-corrected chi connectivity index (χ1v) is 12.4. The zero-order valence-electron chi connectivity index (χ0n) is 19.6. The molecule has 190 valence electrons. The molecule has 1 atom stereocenters. The molecule has 35 heavy (non-hydrogen) atoms. The Labute approximate surface area is 203 Å². The summed E-state index contributed by atoms with van der Waals surface area (Å²) >= 11 is 0. The number of benzene rings is 2. The van der Waals surface area contributed by atoms with Crippen LogP contribution in [0.15, 0.2) is 47.4 Å². The minimum absolute atomic E-state index is 0.0441. The molecular weight excluding hydrogens is 480 g/mol. The first kappa shape index (κ1) is 27.4. The number of rotatable bonds is 12. The molecule has 0 saturated carbocycles. The van der Waals surface area contributed by atoms with Crippen LogP contribution in [0, 0.1) is 0 Å². The molecule has 0 radical (unpaired) electrons. The third-order valence-electron chi connectivity index (χ3n) is 4.52. The summed E-state index contributed by atoms with van der Waals surface area (Å²) in [7, 11) is -4.71. The van der Waals surface area contributed by atoms with E-state index in [9.17, 15) is 27.9 Å². The maximum absolute atomic E-state index is 13.2. The molecule has 12 heteroatoms. The molecule has 3 N–H and O–H groups in total. The quantitative estimate of drug-likeness (QED) is 0.285. The molecule has 0 bridgehead atoms.